The molecule has 3 N–H and O–H groups in total. The minimum Gasteiger partial charge on any atom is -0.377 e. The van der Waals surface area contributed by atoms with Gasteiger partial charge < -0.3 is 15.5 Å². The van der Waals surface area contributed by atoms with Crippen molar-refractivity contribution in [3.8, 4) is 0 Å². The molecule has 2 atom stereocenters. The highest BCUT2D eigenvalue weighted by Crippen LogP contribution is 2.38. The second kappa shape index (κ2) is 10.3. The Labute approximate surface area is 201 Å². The lowest BCUT2D eigenvalue weighted by Crippen LogP contribution is -2.48. The van der Waals surface area contributed by atoms with Crippen molar-refractivity contribution in [1.29, 1.82) is 0 Å². The van der Waals surface area contributed by atoms with Gasteiger partial charge in [-0.3, -0.25) is 4.72 Å². The molecule has 0 bridgehead atoms. The normalized spacial score (nSPS) is 21.1. The van der Waals surface area contributed by atoms with Gasteiger partial charge >= 0.3 is 0 Å². The average molecular weight is 467 g/mol. The first-order chi connectivity index (χ1) is 15.5. The summed E-state index contributed by atoms with van der Waals surface area (Å²) in [5.74, 6) is 10.5. The van der Waals surface area contributed by atoms with Gasteiger partial charge in [-0.1, -0.05) is 68.1 Å². The maximum absolute atomic E-state index is 4.48. The monoisotopic (exact) mass is 466 g/mol. The van der Waals surface area contributed by atoms with E-state index in [-0.39, 0.29) is 5.54 Å². The first kappa shape index (κ1) is 25.3. The summed E-state index contributed by atoms with van der Waals surface area (Å²) in [4.78, 5) is 3.33. The summed E-state index contributed by atoms with van der Waals surface area (Å²) in [6.45, 7) is 14.6. The lowest BCUT2D eigenvalue weighted by molar-refractivity contribution is 0.243. The third kappa shape index (κ3) is 6.15. The first-order valence-electron chi connectivity index (χ1n) is 11.9. The van der Waals surface area contributed by atoms with E-state index in [4.69, 9.17) is 0 Å². The average Bonchev–Trinajstić information content (AvgIpc) is 2.74. The van der Waals surface area contributed by atoms with E-state index in [2.05, 4.69) is 109 Å². The summed E-state index contributed by atoms with van der Waals surface area (Å²) < 4.78 is 3.61. The van der Waals surface area contributed by atoms with Gasteiger partial charge in [-0.15, -0.1) is 9.39 Å². The van der Waals surface area contributed by atoms with Gasteiger partial charge in [-0.25, -0.2) is 0 Å². The van der Waals surface area contributed by atoms with E-state index >= 15 is 0 Å². The Hall–Kier alpha value is -2.37. The SMILES string of the molecule is C=C1CC(CC)CC(C)(NC(=C)NCCNS(=C)(=C)c2cccc3c(N(C)C)cccc23)C1. The molecular formula is C28H42N4S. The van der Waals surface area contributed by atoms with E-state index in [9.17, 15) is 0 Å². The molecule has 0 radical (unpaired) electrons. The molecule has 2 aromatic carbocycles. The Morgan fingerprint density at radius 1 is 1.12 bits per heavy atom. The Morgan fingerprint density at radius 2 is 1.82 bits per heavy atom. The van der Waals surface area contributed by atoms with Crippen LogP contribution in [0, 0.1) is 5.92 Å². The first-order valence-corrected chi connectivity index (χ1v) is 13.8. The maximum Gasteiger partial charge on any atom is 0.0917 e. The number of hydrogen-bond donors (Lipinski definition) is 3. The fourth-order valence-electron chi connectivity index (χ4n) is 5.14. The van der Waals surface area contributed by atoms with Crippen LogP contribution in [0.1, 0.15) is 39.5 Å². The number of benzene rings is 2. The molecule has 180 valence electrons. The molecule has 3 rings (SSSR count). The van der Waals surface area contributed by atoms with Crippen LogP contribution in [0.5, 0.6) is 0 Å². The quantitative estimate of drug-likeness (QED) is 0.242. The summed E-state index contributed by atoms with van der Waals surface area (Å²) >= 11 is 0. The van der Waals surface area contributed by atoms with Gasteiger partial charge in [0.05, 0.1) is 5.82 Å². The van der Waals surface area contributed by atoms with Gasteiger partial charge in [-0.2, -0.15) is 0 Å². The largest absolute Gasteiger partial charge is 0.377 e. The van der Waals surface area contributed by atoms with E-state index in [1.807, 2.05) is 0 Å². The molecule has 2 aromatic rings. The number of fused-ring (bicyclic) bond motifs is 1. The fraction of sp³-hybridized carbons (Fsp3) is 0.429. The fourth-order valence-corrected chi connectivity index (χ4v) is 6.73. The molecule has 1 aliphatic rings. The molecule has 0 amide bonds. The molecule has 2 unspecified atom stereocenters. The van der Waals surface area contributed by atoms with Gasteiger partial charge in [0.2, 0.25) is 0 Å². The number of rotatable bonds is 10. The van der Waals surface area contributed by atoms with Gasteiger partial charge in [0.1, 0.15) is 0 Å². The van der Waals surface area contributed by atoms with Crippen molar-refractivity contribution in [2.75, 3.05) is 32.1 Å². The van der Waals surface area contributed by atoms with Gasteiger partial charge in [0.15, 0.2) is 0 Å². The summed E-state index contributed by atoms with van der Waals surface area (Å²) in [6.07, 6.45) is 4.51. The lowest BCUT2D eigenvalue weighted by Gasteiger charge is -2.41. The molecule has 0 saturated heterocycles. The number of nitrogens with zero attached hydrogens (tertiary/aromatic N) is 1. The minimum atomic E-state index is -1.65. The Morgan fingerprint density at radius 3 is 2.52 bits per heavy atom. The summed E-state index contributed by atoms with van der Waals surface area (Å²) in [6, 6.07) is 12.9. The smallest absolute Gasteiger partial charge is 0.0917 e. The molecule has 33 heavy (non-hydrogen) atoms. The second-order valence-corrected chi connectivity index (χ2v) is 12.5. The van der Waals surface area contributed by atoms with Crippen molar-refractivity contribution >= 4 is 37.6 Å². The molecule has 1 aliphatic carbocycles. The van der Waals surface area contributed by atoms with Gasteiger partial charge in [0.25, 0.3) is 0 Å². The van der Waals surface area contributed by atoms with E-state index in [0.717, 1.165) is 38.2 Å². The topological polar surface area (TPSA) is 39.3 Å². The third-order valence-corrected chi connectivity index (χ3v) is 8.54. The highest BCUT2D eigenvalue weighted by atomic mass is 32.2. The molecule has 1 fully saturated rings. The maximum atomic E-state index is 4.48. The predicted octanol–water partition coefficient (Wildman–Crippen LogP) is 5.61. The highest BCUT2D eigenvalue weighted by Gasteiger charge is 2.33. The molecule has 0 heterocycles. The zero-order valence-corrected chi connectivity index (χ0v) is 21.8. The van der Waals surface area contributed by atoms with E-state index in [1.165, 1.54) is 33.3 Å². The summed E-state index contributed by atoms with van der Waals surface area (Å²) in [5.41, 5.74) is 2.57. The molecule has 5 heteroatoms. The van der Waals surface area contributed by atoms with Crippen molar-refractivity contribution < 1.29 is 0 Å². The van der Waals surface area contributed by atoms with E-state index in [0.29, 0.717) is 5.92 Å². The number of nitrogens with one attached hydrogen (secondary N) is 3. The number of hydrogen-bond acceptors (Lipinski definition) is 4. The van der Waals surface area contributed by atoms with Crippen LogP contribution < -0.4 is 20.3 Å². The van der Waals surface area contributed by atoms with Crippen LogP contribution in [-0.4, -0.2) is 44.5 Å². The molecule has 0 aliphatic heterocycles. The summed E-state index contributed by atoms with van der Waals surface area (Å²) in [5, 5.41) is 9.52. The van der Waals surface area contributed by atoms with Crippen LogP contribution in [0.3, 0.4) is 0 Å². The Bertz CT molecular complexity index is 1120. The van der Waals surface area contributed by atoms with Crippen molar-refractivity contribution in [1.82, 2.24) is 15.4 Å². The summed E-state index contributed by atoms with van der Waals surface area (Å²) in [7, 11) is 2.50. The van der Waals surface area contributed by atoms with Crippen molar-refractivity contribution in [3.05, 3.63) is 61.0 Å². The highest BCUT2D eigenvalue weighted by molar-refractivity contribution is 8.26. The van der Waals surface area contributed by atoms with Crippen LogP contribution in [0.4, 0.5) is 5.69 Å². The molecule has 4 nitrogen and oxygen atoms in total. The van der Waals surface area contributed by atoms with Crippen molar-refractivity contribution in [3.63, 3.8) is 0 Å². The third-order valence-electron chi connectivity index (χ3n) is 6.59. The zero-order chi connectivity index (χ0) is 24.2. The zero-order valence-electron chi connectivity index (χ0n) is 21.0. The lowest BCUT2D eigenvalue weighted by atomic mass is 9.74. The minimum absolute atomic E-state index is 0.0221. The van der Waals surface area contributed by atoms with Gasteiger partial charge in [0, 0.05) is 48.7 Å². The van der Waals surface area contributed by atoms with Gasteiger partial charge in [-0.05, 0) is 49.6 Å². The second-order valence-electron chi connectivity index (χ2n) is 10.0. The molecule has 1 saturated carbocycles. The Balaban J connectivity index is 1.59. The molecule has 0 spiro atoms. The molecular weight excluding hydrogens is 424 g/mol. The van der Waals surface area contributed by atoms with Crippen LogP contribution in [0.2, 0.25) is 0 Å². The van der Waals surface area contributed by atoms with Crippen LogP contribution in [0.15, 0.2) is 65.8 Å². The van der Waals surface area contributed by atoms with Crippen LogP contribution in [0.25, 0.3) is 10.8 Å². The molecule has 0 aromatic heterocycles. The van der Waals surface area contributed by atoms with Crippen molar-refractivity contribution in [2.24, 2.45) is 5.92 Å². The Kier molecular flexibility index (Phi) is 7.86. The predicted molar refractivity (Wildman–Crippen MR) is 152 cm³/mol. The number of anilines is 1. The standard InChI is InChI=1S/C28H42N4S/c1-9-23-18-21(2)19-28(4,20-23)31-22(3)29-16-17-30-33(7,8)27-15-11-12-24-25(27)13-10-14-26(24)32(5)6/h10-15,23,29-31H,2-3,7-9,16-20H2,1,4-6H3. The van der Waals surface area contributed by atoms with E-state index in [1.54, 1.807) is 0 Å². The van der Waals surface area contributed by atoms with Crippen LogP contribution in [-0.2, 0) is 0 Å². The van der Waals surface area contributed by atoms with E-state index < -0.39 is 9.39 Å². The van der Waals surface area contributed by atoms with Crippen molar-refractivity contribution in [2.45, 2.75) is 50.0 Å². The van der Waals surface area contributed by atoms with Crippen LogP contribution >= 0.6 is 9.39 Å².